The van der Waals surface area contributed by atoms with Crippen molar-refractivity contribution < 1.29 is 19.0 Å². The molecule has 0 radical (unpaired) electrons. The summed E-state index contributed by atoms with van der Waals surface area (Å²) < 4.78 is 16.4. The van der Waals surface area contributed by atoms with Gasteiger partial charge in [-0.1, -0.05) is 6.07 Å². The van der Waals surface area contributed by atoms with Crippen LogP contribution in [0.4, 0.5) is 4.79 Å². The number of hydrogen-bond acceptors (Lipinski definition) is 4. The van der Waals surface area contributed by atoms with E-state index in [0.717, 1.165) is 16.9 Å². The Morgan fingerprint density at radius 3 is 2.75 bits per heavy atom. The van der Waals surface area contributed by atoms with Crippen LogP contribution in [0.2, 0.25) is 0 Å². The number of nitrogens with one attached hydrogen (secondary N) is 1. The number of fused-ring (bicyclic) bond motifs is 1. The van der Waals surface area contributed by atoms with Crippen LogP contribution in [0.3, 0.4) is 0 Å². The fourth-order valence-corrected chi connectivity index (χ4v) is 2.13. The van der Waals surface area contributed by atoms with Crippen molar-refractivity contribution in [2.24, 2.45) is 0 Å². The minimum atomic E-state index is -0.587. The van der Waals surface area contributed by atoms with Crippen molar-refractivity contribution >= 4 is 6.09 Å². The van der Waals surface area contributed by atoms with Crippen molar-refractivity contribution in [3.63, 3.8) is 0 Å². The summed E-state index contributed by atoms with van der Waals surface area (Å²) in [6.07, 6.45) is -0.593. The fourth-order valence-electron chi connectivity index (χ4n) is 2.13. The van der Waals surface area contributed by atoms with Gasteiger partial charge in [0.25, 0.3) is 0 Å². The average Bonchev–Trinajstić information content (AvgIpc) is 2.86. The van der Waals surface area contributed by atoms with Crippen LogP contribution in [0.1, 0.15) is 31.1 Å². The van der Waals surface area contributed by atoms with Crippen LogP contribution in [-0.4, -0.2) is 18.4 Å². The third-order valence-corrected chi connectivity index (χ3v) is 3.07. The molecule has 0 aromatic heterocycles. The summed E-state index contributed by atoms with van der Waals surface area (Å²) >= 11 is 0. The van der Waals surface area contributed by atoms with E-state index >= 15 is 0 Å². The lowest BCUT2D eigenvalue weighted by Gasteiger charge is -2.32. The van der Waals surface area contributed by atoms with E-state index in [1.807, 2.05) is 32.0 Å². The molecule has 0 spiro atoms. The molecule has 5 heteroatoms. The van der Waals surface area contributed by atoms with Gasteiger partial charge in [0.05, 0.1) is 13.2 Å². The van der Waals surface area contributed by atoms with Gasteiger partial charge in [-0.15, -0.1) is 13.2 Å². The zero-order chi connectivity index (χ0) is 14.8. The maximum absolute atomic E-state index is 11.0. The van der Waals surface area contributed by atoms with Gasteiger partial charge in [-0.2, -0.15) is 0 Å². The summed E-state index contributed by atoms with van der Waals surface area (Å²) in [6, 6.07) is 5.79. The molecule has 0 bridgehead atoms. The number of ether oxygens (including phenoxy) is 3. The second-order valence-electron chi connectivity index (χ2n) is 4.93. The van der Waals surface area contributed by atoms with Crippen molar-refractivity contribution in [3.8, 4) is 5.75 Å². The van der Waals surface area contributed by atoms with Crippen LogP contribution in [-0.2, 0) is 16.1 Å². The van der Waals surface area contributed by atoms with Crippen molar-refractivity contribution in [2.75, 3.05) is 6.54 Å². The zero-order valence-corrected chi connectivity index (χ0v) is 11.8. The highest BCUT2D eigenvalue weighted by molar-refractivity contribution is 5.69. The van der Waals surface area contributed by atoms with Crippen LogP contribution in [0.15, 0.2) is 31.4 Å². The normalized spacial score (nSPS) is 22.5. The number of benzene rings is 1. The van der Waals surface area contributed by atoms with Crippen LogP contribution >= 0.6 is 0 Å². The summed E-state index contributed by atoms with van der Waals surface area (Å²) in [7, 11) is 0. The van der Waals surface area contributed by atoms with Gasteiger partial charge >= 0.3 is 6.09 Å². The number of alkyl carbamates (subject to hydrolysis) is 1. The summed E-state index contributed by atoms with van der Waals surface area (Å²) in [5.41, 5.74) is 1.94. The molecular formula is C15H19NO4. The Balaban J connectivity index is 0.000000704. The van der Waals surface area contributed by atoms with E-state index in [4.69, 9.17) is 14.2 Å². The van der Waals surface area contributed by atoms with Gasteiger partial charge in [0.15, 0.2) is 0 Å². The standard InChI is InChI=1S/C13H15NO4.C2H4/c1-13(2)16-7-9-5-8(3-4-10(9)18-13)11-6-14-12(15)17-11;1-2/h3-5,11H,6-7H2,1-2H3,(H,14,15);1-2H2. The van der Waals surface area contributed by atoms with E-state index in [0.29, 0.717) is 13.2 Å². The minimum absolute atomic E-state index is 0.224. The number of hydrogen-bond donors (Lipinski definition) is 1. The molecule has 0 aliphatic carbocycles. The Kier molecular flexibility index (Phi) is 3.99. The van der Waals surface area contributed by atoms with Crippen molar-refractivity contribution in [2.45, 2.75) is 32.3 Å². The zero-order valence-electron chi connectivity index (χ0n) is 11.8. The Labute approximate surface area is 118 Å². The first-order valence-electron chi connectivity index (χ1n) is 6.44. The Hall–Kier alpha value is -2.01. The van der Waals surface area contributed by atoms with Gasteiger partial charge in [0.1, 0.15) is 11.9 Å². The van der Waals surface area contributed by atoms with E-state index in [2.05, 4.69) is 18.5 Å². The first-order valence-corrected chi connectivity index (χ1v) is 6.44. The molecule has 1 aromatic rings. The molecule has 5 nitrogen and oxygen atoms in total. The molecule has 108 valence electrons. The van der Waals surface area contributed by atoms with Crippen LogP contribution in [0.25, 0.3) is 0 Å². The highest BCUT2D eigenvalue weighted by Crippen LogP contribution is 2.33. The predicted octanol–water partition coefficient (Wildman–Crippen LogP) is 2.91. The molecular weight excluding hydrogens is 258 g/mol. The van der Waals surface area contributed by atoms with Gasteiger partial charge in [-0.3, -0.25) is 0 Å². The lowest BCUT2D eigenvalue weighted by molar-refractivity contribution is -0.180. The van der Waals surface area contributed by atoms with E-state index < -0.39 is 5.79 Å². The van der Waals surface area contributed by atoms with Gasteiger partial charge in [-0.25, -0.2) is 4.79 Å². The number of amides is 1. The molecule has 1 N–H and O–H groups in total. The smallest absolute Gasteiger partial charge is 0.407 e. The van der Waals surface area contributed by atoms with E-state index in [9.17, 15) is 4.79 Å². The largest absolute Gasteiger partial charge is 0.463 e. The van der Waals surface area contributed by atoms with Crippen molar-refractivity contribution in [1.82, 2.24) is 5.32 Å². The molecule has 3 rings (SSSR count). The molecule has 2 heterocycles. The molecule has 1 unspecified atom stereocenters. The molecule has 0 saturated carbocycles. The van der Waals surface area contributed by atoms with Gasteiger partial charge < -0.3 is 19.5 Å². The predicted molar refractivity (Wildman–Crippen MR) is 74.4 cm³/mol. The number of cyclic esters (lactones) is 1. The molecule has 1 saturated heterocycles. The lowest BCUT2D eigenvalue weighted by atomic mass is 10.0. The van der Waals surface area contributed by atoms with Crippen LogP contribution in [0.5, 0.6) is 5.75 Å². The topological polar surface area (TPSA) is 56.8 Å². The molecule has 1 amide bonds. The molecule has 1 fully saturated rings. The second kappa shape index (κ2) is 5.54. The van der Waals surface area contributed by atoms with Crippen molar-refractivity contribution in [1.29, 1.82) is 0 Å². The monoisotopic (exact) mass is 277 g/mol. The third-order valence-electron chi connectivity index (χ3n) is 3.07. The third kappa shape index (κ3) is 2.93. The Morgan fingerprint density at radius 2 is 2.10 bits per heavy atom. The second-order valence-corrected chi connectivity index (χ2v) is 4.93. The summed E-state index contributed by atoms with van der Waals surface area (Å²) in [4.78, 5) is 11.0. The van der Waals surface area contributed by atoms with E-state index in [1.165, 1.54) is 0 Å². The van der Waals surface area contributed by atoms with Gasteiger partial charge in [0.2, 0.25) is 5.79 Å². The maximum atomic E-state index is 11.0. The van der Waals surface area contributed by atoms with Crippen LogP contribution in [0, 0.1) is 0 Å². The Bertz CT molecular complexity index is 513. The highest BCUT2D eigenvalue weighted by atomic mass is 16.7. The van der Waals surface area contributed by atoms with Gasteiger partial charge in [-0.05, 0) is 17.7 Å². The Morgan fingerprint density at radius 1 is 1.35 bits per heavy atom. The molecule has 2 aliphatic rings. The van der Waals surface area contributed by atoms with Crippen LogP contribution < -0.4 is 10.1 Å². The summed E-state index contributed by atoms with van der Waals surface area (Å²) in [5, 5.41) is 2.64. The first kappa shape index (κ1) is 14.4. The molecule has 1 aromatic carbocycles. The minimum Gasteiger partial charge on any atom is -0.463 e. The average molecular weight is 277 g/mol. The summed E-state index contributed by atoms with van der Waals surface area (Å²) in [5.74, 6) is 0.239. The number of carbonyl (C=O) groups excluding carboxylic acids is 1. The lowest BCUT2D eigenvalue weighted by Crippen LogP contribution is -2.35. The molecule has 1 atom stereocenters. The van der Waals surface area contributed by atoms with E-state index in [-0.39, 0.29) is 12.2 Å². The number of rotatable bonds is 1. The van der Waals surface area contributed by atoms with E-state index in [1.54, 1.807) is 0 Å². The number of carbonyl (C=O) groups is 1. The highest BCUT2D eigenvalue weighted by Gasteiger charge is 2.29. The molecule has 20 heavy (non-hydrogen) atoms. The maximum Gasteiger partial charge on any atom is 0.407 e. The quantitative estimate of drug-likeness (QED) is 0.802. The first-order chi connectivity index (χ1) is 9.53. The molecule has 2 aliphatic heterocycles. The SMILES string of the molecule is C=C.CC1(C)OCc2cc(C3CNC(=O)O3)ccc2O1. The van der Waals surface area contributed by atoms with Crippen molar-refractivity contribution in [3.05, 3.63) is 42.5 Å². The summed E-state index contributed by atoms with van der Waals surface area (Å²) in [6.45, 7) is 10.8. The van der Waals surface area contributed by atoms with Gasteiger partial charge in [0, 0.05) is 19.4 Å². The fraction of sp³-hybridized carbons (Fsp3) is 0.400.